The SMILES string of the molecule is COc1ccc(NC(=O)c2ccc(Nc3ccc(C)cc3C)nc2)c(OC)c1. The summed E-state index contributed by atoms with van der Waals surface area (Å²) < 4.78 is 10.5. The Morgan fingerprint density at radius 1 is 0.929 bits per heavy atom. The van der Waals surface area contributed by atoms with Gasteiger partial charge in [0.2, 0.25) is 0 Å². The Labute approximate surface area is 164 Å². The average molecular weight is 377 g/mol. The van der Waals surface area contributed by atoms with Gasteiger partial charge in [0.1, 0.15) is 17.3 Å². The molecule has 0 saturated carbocycles. The molecule has 28 heavy (non-hydrogen) atoms. The fraction of sp³-hybridized carbons (Fsp3) is 0.182. The zero-order valence-electron chi connectivity index (χ0n) is 16.4. The number of anilines is 3. The van der Waals surface area contributed by atoms with Crippen molar-refractivity contribution in [2.75, 3.05) is 24.9 Å². The number of methoxy groups -OCH3 is 2. The minimum Gasteiger partial charge on any atom is -0.497 e. The van der Waals surface area contributed by atoms with Crippen LogP contribution in [-0.4, -0.2) is 25.1 Å². The molecule has 0 spiro atoms. The summed E-state index contributed by atoms with van der Waals surface area (Å²) in [4.78, 5) is 16.9. The van der Waals surface area contributed by atoms with Crippen molar-refractivity contribution < 1.29 is 14.3 Å². The highest BCUT2D eigenvalue weighted by Crippen LogP contribution is 2.29. The van der Waals surface area contributed by atoms with E-state index in [4.69, 9.17) is 9.47 Å². The van der Waals surface area contributed by atoms with Crippen LogP contribution in [0.25, 0.3) is 0 Å². The molecule has 6 nitrogen and oxygen atoms in total. The molecule has 0 saturated heterocycles. The fourth-order valence-corrected chi connectivity index (χ4v) is 2.79. The highest BCUT2D eigenvalue weighted by Gasteiger charge is 2.11. The van der Waals surface area contributed by atoms with E-state index < -0.39 is 0 Å². The molecule has 1 aromatic heterocycles. The molecule has 2 aromatic carbocycles. The third-order valence-corrected chi connectivity index (χ3v) is 4.33. The quantitative estimate of drug-likeness (QED) is 0.651. The Morgan fingerprint density at radius 2 is 1.71 bits per heavy atom. The first kappa shape index (κ1) is 19.2. The molecule has 0 unspecified atom stereocenters. The van der Waals surface area contributed by atoms with E-state index in [1.807, 2.05) is 19.1 Å². The molecule has 0 aliphatic rings. The molecule has 3 aromatic rings. The zero-order valence-corrected chi connectivity index (χ0v) is 16.4. The van der Waals surface area contributed by atoms with Crippen LogP contribution in [0.5, 0.6) is 11.5 Å². The number of rotatable bonds is 6. The minimum atomic E-state index is -0.269. The lowest BCUT2D eigenvalue weighted by molar-refractivity contribution is 0.102. The lowest BCUT2D eigenvalue weighted by Crippen LogP contribution is -2.13. The van der Waals surface area contributed by atoms with Gasteiger partial charge in [-0.25, -0.2) is 4.98 Å². The molecule has 0 bridgehead atoms. The van der Waals surface area contributed by atoms with Gasteiger partial charge in [-0.3, -0.25) is 4.79 Å². The monoisotopic (exact) mass is 377 g/mol. The van der Waals surface area contributed by atoms with Gasteiger partial charge in [-0.15, -0.1) is 0 Å². The smallest absolute Gasteiger partial charge is 0.257 e. The largest absolute Gasteiger partial charge is 0.497 e. The Bertz CT molecular complexity index is 985. The maximum Gasteiger partial charge on any atom is 0.257 e. The first-order valence-electron chi connectivity index (χ1n) is 8.84. The average Bonchev–Trinajstić information content (AvgIpc) is 2.71. The van der Waals surface area contributed by atoms with Crippen molar-refractivity contribution in [2.45, 2.75) is 13.8 Å². The van der Waals surface area contributed by atoms with Crippen LogP contribution in [0.1, 0.15) is 21.5 Å². The maximum atomic E-state index is 12.5. The van der Waals surface area contributed by atoms with E-state index in [1.165, 1.54) is 11.8 Å². The number of aromatic nitrogens is 1. The highest BCUT2D eigenvalue weighted by atomic mass is 16.5. The zero-order chi connectivity index (χ0) is 20.1. The number of hydrogen-bond donors (Lipinski definition) is 2. The van der Waals surface area contributed by atoms with Crippen LogP contribution < -0.4 is 20.1 Å². The normalized spacial score (nSPS) is 10.3. The Hall–Kier alpha value is -3.54. The van der Waals surface area contributed by atoms with Gasteiger partial charge in [-0.2, -0.15) is 0 Å². The number of pyridine rings is 1. The topological polar surface area (TPSA) is 72.5 Å². The summed E-state index contributed by atoms with van der Waals surface area (Å²) in [6.45, 7) is 4.10. The van der Waals surface area contributed by atoms with Gasteiger partial charge in [0.15, 0.2) is 0 Å². The van der Waals surface area contributed by atoms with E-state index in [0.29, 0.717) is 28.6 Å². The Balaban J connectivity index is 1.72. The highest BCUT2D eigenvalue weighted by molar-refractivity contribution is 6.05. The predicted molar refractivity (Wildman–Crippen MR) is 111 cm³/mol. The first-order valence-corrected chi connectivity index (χ1v) is 8.84. The molecule has 144 valence electrons. The van der Waals surface area contributed by atoms with Crippen molar-refractivity contribution in [1.29, 1.82) is 0 Å². The molecule has 0 fully saturated rings. The molecule has 0 radical (unpaired) electrons. The van der Waals surface area contributed by atoms with Crippen molar-refractivity contribution in [2.24, 2.45) is 0 Å². The second-order valence-corrected chi connectivity index (χ2v) is 6.40. The van der Waals surface area contributed by atoms with Crippen LogP contribution in [0.3, 0.4) is 0 Å². The van der Waals surface area contributed by atoms with Gasteiger partial charge in [-0.1, -0.05) is 17.7 Å². The van der Waals surface area contributed by atoms with E-state index in [9.17, 15) is 4.79 Å². The van der Waals surface area contributed by atoms with Crippen molar-refractivity contribution >= 4 is 23.1 Å². The summed E-state index contributed by atoms with van der Waals surface area (Å²) in [5, 5.41) is 6.10. The Kier molecular flexibility index (Phi) is 5.79. The summed E-state index contributed by atoms with van der Waals surface area (Å²) >= 11 is 0. The van der Waals surface area contributed by atoms with E-state index >= 15 is 0 Å². The number of carbonyl (C=O) groups excluding carboxylic acids is 1. The number of nitrogens with zero attached hydrogens (tertiary/aromatic N) is 1. The predicted octanol–water partition coefficient (Wildman–Crippen LogP) is 4.71. The van der Waals surface area contributed by atoms with E-state index in [2.05, 4.69) is 28.6 Å². The number of nitrogens with one attached hydrogen (secondary N) is 2. The lowest BCUT2D eigenvalue weighted by atomic mass is 10.1. The molecule has 0 aliphatic carbocycles. The van der Waals surface area contributed by atoms with Crippen molar-refractivity contribution in [3.05, 3.63) is 71.4 Å². The third-order valence-electron chi connectivity index (χ3n) is 4.33. The summed E-state index contributed by atoms with van der Waals surface area (Å²) in [5.41, 5.74) is 4.33. The number of amides is 1. The van der Waals surface area contributed by atoms with Gasteiger partial charge in [0, 0.05) is 18.0 Å². The van der Waals surface area contributed by atoms with Gasteiger partial charge >= 0.3 is 0 Å². The fourth-order valence-electron chi connectivity index (χ4n) is 2.79. The molecular formula is C22H23N3O3. The van der Waals surface area contributed by atoms with E-state index in [-0.39, 0.29) is 5.91 Å². The molecule has 2 N–H and O–H groups in total. The summed E-state index contributed by atoms with van der Waals surface area (Å²) in [7, 11) is 3.12. The molecule has 3 rings (SSSR count). The number of aryl methyl sites for hydroxylation is 2. The second-order valence-electron chi connectivity index (χ2n) is 6.40. The molecule has 0 atom stereocenters. The summed E-state index contributed by atoms with van der Waals surface area (Å²) in [5.74, 6) is 1.58. The van der Waals surface area contributed by atoms with Crippen LogP contribution in [0, 0.1) is 13.8 Å². The molecular weight excluding hydrogens is 354 g/mol. The van der Waals surface area contributed by atoms with Crippen LogP contribution in [0.15, 0.2) is 54.7 Å². The van der Waals surface area contributed by atoms with Crippen LogP contribution in [0.2, 0.25) is 0 Å². The molecule has 1 amide bonds. The van der Waals surface area contributed by atoms with E-state index in [0.717, 1.165) is 11.3 Å². The van der Waals surface area contributed by atoms with Crippen LogP contribution in [0.4, 0.5) is 17.2 Å². The van der Waals surface area contributed by atoms with Gasteiger partial charge < -0.3 is 20.1 Å². The molecule has 0 aliphatic heterocycles. The van der Waals surface area contributed by atoms with Gasteiger partial charge in [-0.05, 0) is 49.7 Å². The van der Waals surface area contributed by atoms with Gasteiger partial charge in [0.25, 0.3) is 5.91 Å². The number of carbonyl (C=O) groups is 1. The standard InChI is InChI=1S/C22H23N3O3/c1-14-5-8-18(15(2)11-14)24-21-10-6-16(13-23-21)22(26)25-19-9-7-17(27-3)12-20(19)28-4/h5-13H,1-4H3,(H,23,24)(H,25,26). The van der Waals surface area contributed by atoms with Crippen LogP contribution in [-0.2, 0) is 0 Å². The third kappa shape index (κ3) is 4.40. The summed E-state index contributed by atoms with van der Waals surface area (Å²) in [6.07, 6.45) is 1.54. The lowest BCUT2D eigenvalue weighted by Gasteiger charge is -2.12. The number of hydrogen-bond acceptors (Lipinski definition) is 5. The first-order chi connectivity index (χ1) is 13.5. The maximum absolute atomic E-state index is 12.5. The van der Waals surface area contributed by atoms with Crippen molar-refractivity contribution in [1.82, 2.24) is 4.98 Å². The van der Waals surface area contributed by atoms with E-state index in [1.54, 1.807) is 44.6 Å². The second kappa shape index (κ2) is 8.43. The van der Waals surface area contributed by atoms with Gasteiger partial charge in [0.05, 0.1) is 25.5 Å². The van der Waals surface area contributed by atoms with Crippen LogP contribution >= 0.6 is 0 Å². The van der Waals surface area contributed by atoms with Crippen molar-refractivity contribution in [3.8, 4) is 11.5 Å². The van der Waals surface area contributed by atoms with Crippen molar-refractivity contribution in [3.63, 3.8) is 0 Å². The summed E-state index contributed by atoms with van der Waals surface area (Å²) in [6, 6.07) is 14.9. The minimum absolute atomic E-state index is 0.269. The number of ether oxygens (including phenoxy) is 2. The molecule has 1 heterocycles. The number of benzene rings is 2. The Morgan fingerprint density at radius 3 is 2.36 bits per heavy atom. The molecule has 6 heteroatoms.